The van der Waals surface area contributed by atoms with Crippen LogP contribution in [0.15, 0.2) is 42.5 Å². The molecule has 3 rings (SSSR count). The summed E-state index contributed by atoms with van der Waals surface area (Å²) in [5.74, 6) is 1.29. The van der Waals surface area contributed by atoms with Crippen LogP contribution in [0.2, 0.25) is 5.02 Å². The number of methoxy groups -OCH3 is 1. The maximum atomic E-state index is 6.40. The molecule has 2 aromatic carbocycles. The predicted molar refractivity (Wildman–Crippen MR) is 111 cm³/mol. The van der Waals surface area contributed by atoms with Crippen molar-refractivity contribution in [2.24, 2.45) is 0 Å². The lowest BCUT2D eigenvalue weighted by Crippen LogP contribution is -2.33. The second kappa shape index (κ2) is 9.98. The van der Waals surface area contributed by atoms with E-state index in [1.54, 1.807) is 7.11 Å². The Bertz CT molecular complexity index is 718. The molecular weight excluding hydrogens is 360 g/mol. The molecule has 1 N–H and O–H groups in total. The molecule has 1 heterocycles. The topological polar surface area (TPSA) is 33.7 Å². The third-order valence-corrected chi connectivity index (χ3v) is 5.25. The largest absolute Gasteiger partial charge is 0.491 e. The number of rotatable bonds is 9. The Labute approximate surface area is 167 Å². The van der Waals surface area contributed by atoms with Crippen LogP contribution in [0.1, 0.15) is 36.9 Å². The van der Waals surface area contributed by atoms with E-state index in [0.29, 0.717) is 23.1 Å². The fourth-order valence-corrected chi connectivity index (χ4v) is 3.93. The Morgan fingerprint density at radius 3 is 2.56 bits per heavy atom. The van der Waals surface area contributed by atoms with Gasteiger partial charge in [-0.25, -0.2) is 0 Å². The number of ether oxygens (including phenoxy) is 2. The summed E-state index contributed by atoms with van der Waals surface area (Å²) in [6.45, 7) is 6.65. The molecule has 1 fully saturated rings. The van der Waals surface area contributed by atoms with Crippen molar-refractivity contribution in [3.05, 3.63) is 58.6 Å². The summed E-state index contributed by atoms with van der Waals surface area (Å²) in [7, 11) is 1.61. The average Bonchev–Trinajstić information content (AvgIpc) is 3.19. The van der Waals surface area contributed by atoms with Crippen molar-refractivity contribution in [2.45, 2.75) is 32.4 Å². The monoisotopic (exact) mass is 388 g/mol. The van der Waals surface area contributed by atoms with E-state index >= 15 is 0 Å². The minimum Gasteiger partial charge on any atom is -0.491 e. The highest BCUT2D eigenvalue weighted by Crippen LogP contribution is 2.36. The van der Waals surface area contributed by atoms with Crippen LogP contribution in [0, 0.1) is 0 Å². The van der Waals surface area contributed by atoms with Gasteiger partial charge >= 0.3 is 0 Å². The van der Waals surface area contributed by atoms with Crippen LogP contribution in [-0.4, -0.2) is 38.3 Å². The highest BCUT2D eigenvalue weighted by molar-refractivity contribution is 6.32. The molecule has 27 heavy (non-hydrogen) atoms. The van der Waals surface area contributed by atoms with E-state index in [1.807, 2.05) is 19.1 Å². The zero-order valence-electron chi connectivity index (χ0n) is 16.2. The zero-order chi connectivity index (χ0) is 19.1. The average molecular weight is 389 g/mol. The molecule has 2 aromatic rings. The fraction of sp³-hybridized carbons (Fsp3) is 0.455. The first-order valence-electron chi connectivity index (χ1n) is 9.71. The first-order valence-corrected chi connectivity index (χ1v) is 10.1. The van der Waals surface area contributed by atoms with Gasteiger partial charge in [0, 0.05) is 19.1 Å². The molecule has 0 saturated carbocycles. The van der Waals surface area contributed by atoms with Gasteiger partial charge in [0.15, 0.2) is 11.5 Å². The summed E-state index contributed by atoms with van der Waals surface area (Å²) in [6.07, 6.45) is 2.60. The minimum atomic E-state index is 0.278. The number of nitrogens with one attached hydrogen (secondary N) is 1. The third kappa shape index (κ3) is 5.38. The van der Waals surface area contributed by atoms with Crippen molar-refractivity contribution in [2.75, 3.05) is 33.4 Å². The summed E-state index contributed by atoms with van der Waals surface area (Å²) in [6, 6.07) is 14.9. The van der Waals surface area contributed by atoms with Crippen LogP contribution >= 0.6 is 11.6 Å². The van der Waals surface area contributed by atoms with Crippen LogP contribution < -0.4 is 14.8 Å². The predicted octanol–water partition coefficient (Wildman–Crippen LogP) is 4.67. The molecule has 1 aliphatic heterocycles. The lowest BCUT2D eigenvalue weighted by atomic mass is 10.1. The van der Waals surface area contributed by atoms with E-state index in [1.165, 1.54) is 31.5 Å². The Morgan fingerprint density at radius 1 is 1.15 bits per heavy atom. The number of likely N-dealkylation sites (tertiary alicyclic amines) is 1. The van der Waals surface area contributed by atoms with Crippen molar-refractivity contribution in [3.63, 3.8) is 0 Å². The van der Waals surface area contributed by atoms with Gasteiger partial charge < -0.3 is 19.7 Å². The van der Waals surface area contributed by atoms with Crippen molar-refractivity contribution in [1.82, 2.24) is 10.2 Å². The summed E-state index contributed by atoms with van der Waals surface area (Å²) in [4.78, 5) is 2.54. The molecule has 0 amide bonds. The number of halogens is 1. The lowest BCUT2D eigenvalue weighted by Gasteiger charge is -2.25. The number of benzene rings is 2. The Kier molecular flexibility index (Phi) is 7.39. The molecule has 5 heteroatoms. The van der Waals surface area contributed by atoms with E-state index < -0.39 is 0 Å². The highest BCUT2D eigenvalue weighted by atomic mass is 35.5. The van der Waals surface area contributed by atoms with E-state index in [2.05, 4.69) is 40.5 Å². The molecule has 0 spiro atoms. The summed E-state index contributed by atoms with van der Waals surface area (Å²) >= 11 is 6.40. The molecule has 1 aliphatic rings. The van der Waals surface area contributed by atoms with E-state index in [4.69, 9.17) is 21.1 Å². The Hall–Kier alpha value is -1.75. The normalized spacial score (nSPS) is 15.7. The van der Waals surface area contributed by atoms with Gasteiger partial charge in [0.1, 0.15) is 0 Å². The van der Waals surface area contributed by atoms with Gasteiger partial charge in [-0.1, -0.05) is 41.9 Å². The van der Waals surface area contributed by atoms with Crippen molar-refractivity contribution in [3.8, 4) is 11.5 Å². The van der Waals surface area contributed by atoms with Crippen LogP contribution in [-0.2, 0) is 6.54 Å². The standard InChI is InChI=1S/C22H29ClN2O2/c1-3-27-21-14-17(13-19(23)22(21)26-2)15-24-20(16-25-11-7-8-12-25)18-9-5-4-6-10-18/h4-6,9-10,13-14,20,24H,3,7-8,11-12,15-16H2,1-2H3. The van der Waals surface area contributed by atoms with Gasteiger partial charge in [-0.05, 0) is 56.1 Å². The summed E-state index contributed by atoms with van der Waals surface area (Å²) in [5, 5.41) is 4.30. The Balaban J connectivity index is 1.74. The molecule has 0 radical (unpaired) electrons. The van der Waals surface area contributed by atoms with E-state index in [-0.39, 0.29) is 6.04 Å². The number of nitrogens with zero attached hydrogens (tertiary/aromatic N) is 1. The van der Waals surface area contributed by atoms with Crippen LogP contribution in [0.5, 0.6) is 11.5 Å². The van der Waals surface area contributed by atoms with Gasteiger partial charge in [-0.3, -0.25) is 0 Å². The molecule has 1 saturated heterocycles. The van der Waals surface area contributed by atoms with Crippen LogP contribution in [0.4, 0.5) is 0 Å². The quantitative estimate of drug-likeness (QED) is 0.676. The van der Waals surface area contributed by atoms with Crippen molar-refractivity contribution in [1.29, 1.82) is 0 Å². The Morgan fingerprint density at radius 2 is 1.89 bits per heavy atom. The molecule has 0 bridgehead atoms. The van der Waals surface area contributed by atoms with Crippen LogP contribution in [0.25, 0.3) is 0 Å². The van der Waals surface area contributed by atoms with Crippen molar-refractivity contribution >= 4 is 11.6 Å². The van der Waals surface area contributed by atoms with Crippen molar-refractivity contribution < 1.29 is 9.47 Å². The lowest BCUT2D eigenvalue weighted by molar-refractivity contribution is 0.291. The summed E-state index contributed by atoms with van der Waals surface area (Å²) < 4.78 is 11.1. The van der Waals surface area contributed by atoms with Gasteiger partial charge in [-0.15, -0.1) is 0 Å². The molecular formula is C22H29ClN2O2. The van der Waals surface area contributed by atoms with Gasteiger partial charge in [-0.2, -0.15) is 0 Å². The summed E-state index contributed by atoms with van der Waals surface area (Å²) in [5.41, 5.74) is 2.40. The smallest absolute Gasteiger partial charge is 0.179 e. The van der Waals surface area contributed by atoms with E-state index in [0.717, 1.165) is 18.7 Å². The van der Waals surface area contributed by atoms with E-state index in [9.17, 15) is 0 Å². The van der Waals surface area contributed by atoms with Gasteiger partial charge in [0.05, 0.1) is 18.7 Å². The molecule has 4 nitrogen and oxygen atoms in total. The molecule has 0 aromatic heterocycles. The van der Waals surface area contributed by atoms with Gasteiger partial charge in [0.2, 0.25) is 0 Å². The first kappa shape index (κ1) is 20.0. The zero-order valence-corrected chi connectivity index (χ0v) is 17.0. The second-order valence-corrected chi connectivity index (χ2v) is 7.30. The van der Waals surface area contributed by atoms with Crippen LogP contribution in [0.3, 0.4) is 0 Å². The number of hydrogen-bond acceptors (Lipinski definition) is 4. The fourth-order valence-electron chi connectivity index (χ4n) is 3.62. The second-order valence-electron chi connectivity index (χ2n) is 6.89. The maximum Gasteiger partial charge on any atom is 0.179 e. The molecule has 1 unspecified atom stereocenters. The molecule has 0 aliphatic carbocycles. The molecule has 1 atom stereocenters. The highest BCUT2D eigenvalue weighted by Gasteiger charge is 2.19. The third-order valence-electron chi connectivity index (χ3n) is 4.97. The van der Waals surface area contributed by atoms with Gasteiger partial charge in [0.25, 0.3) is 0 Å². The SMILES string of the molecule is CCOc1cc(CNC(CN2CCCC2)c2ccccc2)cc(Cl)c1OC. The molecule has 146 valence electrons. The first-order chi connectivity index (χ1) is 13.2. The maximum absolute atomic E-state index is 6.40. The minimum absolute atomic E-state index is 0.278. The number of hydrogen-bond donors (Lipinski definition) is 1.